The van der Waals surface area contributed by atoms with Gasteiger partial charge in [0.15, 0.2) is 6.04 Å². The van der Waals surface area contributed by atoms with Crippen LogP contribution < -0.4 is 10.6 Å². The summed E-state index contributed by atoms with van der Waals surface area (Å²) in [6.45, 7) is 8.52. The Bertz CT molecular complexity index is 369. The van der Waals surface area contributed by atoms with Crippen LogP contribution in [0.4, 0.5) is 0 Å². The highest BCUT2D eigenvalue weighted by Crippen LogP contribution is 2.60. The normalized spacial score (nSPS) is 40.3. The molecule has 4 aliphatic carbocycles. The molecule has 4 rings (SSSR count). The second-order valence-corrected chi connectivity index (χ2v) is 8.71. The van der Waals surface area contributed by atoms with Crippen molar-refractivity contribution < 1.29 is 10.1 Å². The third-order valence-electron chi connectivity index (χ3n) is 6.47. The van der Waals surface area contributed by atoms with Crippen LogP contribution in [0.1, 0.15) is 66.2 Å². The molecule has 4 aliphatic rings. The Hall–Kier alpha value is -0.570. The standard InChI is InChI=1S/C18H32N2O/c1-11(2)19-17(21)12(3)20-13(4)18-8-14-5-15(9-18)7-16(6-14)10-18/h11-16,20H,5-10H2,1-4H3,(H,19,21)/p+1/t12-,13-,14?,15?,16?,18?/m0/s1. The molecule has 0 aromatic rings. The molecule has 21 heavy (non-hydrogen) atoms. The van der Waals surface area contributed by atoms with Crippen molar-refractivity contribution in [3.63, 3.8) is 0 Å². The maximum absolute atomic E-state index is 12.2. The zero-order chi connectivity index (χ0) is 15.2. The van der Waals surface area contributed by atoms with Gasteiger partial charge in [-0.3, -0.25) is 4.79 Å². The average molecular weight is 293 g/mol. The van der Waals surface area contributed by atoms with E-state index in [1.165, 1.54) is 38.5 Å². The first-order chi connectivity index (χ1) is 9.88. The number of hydrogen-bond donors (Lipinski definition) is 2. The first-order valence-corrected chi connectivity index (χ1v) is 9.03. The molecule has 0 aromatic heterocycles. The maximum Gasteiger partial charge on any atom is 0.278 e. The Morgan fingerprint density at radius 3 is 1.90 bits per heavy atom. The van der Waals surface area contributed by atoms with Gasteiger partial charge in [0, 0.05) is 11.5 Å². The van der Waals surface area contributed by atoms with Crippen LogP contribution in [0.5, 0.6) is 0 Å². The number of quaternary nitrogens is 1. The summed E-state index contributed by atoms with van der Waals surface area (Å²) in [5.41, 5.74) is 0.529. The maximum atomic E-state index is 12.2. The van der Waals surface area contributed by atoms with E-state index < -0.39 is 0 Å². The van der Waals surface area contributed by atoms with Crippen molar-refractivity contribution in [2.75, 3.05) is 0 Å². The lowest BCUT2D eigenvalue weighted by atomic mass is 9.48. The second kappa shape index (κ2) is 5.57. The molecule has 2 atom stereocenters. The van der Waals surface area contributed by atoms with Crippen LogP contribution in [0.2, 0.25) is 0 Å². The summed E-state index contributed by atoms with van der Waals surface area (Å²) in [5.74, 6) is 3.17. The Labute approximate surface area is 129 Å². The zero-order valence-corrected chi connectivity index (χ0v) is 14.2. The fourth-order valence-electron chi connectivity index (χ4n) is 5.88. The SMILES string of the molecule is CC(C)NC(=O)[C@H](C)[NH2+][C@@H](C)C12CC3CC(CC(C3)C1)C2. The summed E-state index contributed by atoms with van der Waals surface area (Å²) in [7, 11) is 0. The van der Waals surface area contributed by atoms with Gasteiger partial charge < -0.3 is 10.6 Å². The Balaban J connectivity index is 1.62. The Morgan fingerprint density at radius 1 is 1.00 bits per heavy atom. The van der Waals surface area contributed by atoms with Gasteiger partial charge in [0.1, 0.15) is 0 Å². The van der Waals surface area contributed by atoms with Gasteiger partial charge in [0.25, 0.3) is 5.91 Å². The Kier molecular flexibility index (Phi) is 4.06. The number of amides is 1. The first-order valence-electron chi connectivity index (χ1n) is 9.03. The van der Waals surface area contributed by atoms with Gasteiger partial charge in [-0.05, 0) is 84.0 Å². The molecule has 3 heteroatoms. The summed E-state index contributed by atoms with van der Waals surface area (Å²) in [6.07, 6.45) is 8.76. The molecule has 4 fully saturated rings. The van der Waals surface area contributed by atoms with Crippen molar-refractivity contribution in [2.45, 2.75) is 84.3 Å². The highest BCUT2D eigenvalue weighted by atomic mass is 16.2. The molecule has 3 nitrogen and oxygen atoms in total. The number of carbonyl (C=O) groups excluding carboxylic acids is 1. The van der Waals surface area contributed by atoms with Crippen molar-refractivity contribution in [3.8, 4) is 0 Å². The van der Waals surface area contributed by atoms with Gasteiger partial charge in [-0.2, -0.15) is 0 Å². The van der Waals surface area contributed by atoms with E-state index in [0.717, 1.165) is 17.8 Å². The van der Waals surface area contributed by atoms with Crippen LogP contribution in [0.25, 0.3) is 0 Å². The quantitative estimate of drug-likeness (QED) is 0.801. The third kappa shape index (κ3) is 2.99. The van der Waals surface area contributed by atoms with Crippen LogP contribution in [-0.2, 0) is 4.79 Å². The van der Waals surface area contributed by atoms with Crippen molar-refractivity contribution in [2.24, 2.45) is 23.2 Å². The van der Waals surface area contributed by atoms with Crippen molar-refractivity contribution >= 4 is 5.91 Å². The van der Waals surface area contributed by atoms with E-state index in [2.05, 4.69) is 24.5 Å². The second-order valence-electron chi connectivity index (χ2n) is 8.71. The lowest BCUT2D eigenvalue weighted by Gasteiger charge is -2.58. The molecule has 1 amide bonds. The lowest BCUT2D eigenvalue weighted by Crippen LogP contribution is -2.98. The largest absolute Gasteiger partial charge is 0.349 e. The van der Waals surface area contributed by atoms with Gasteiger partial charge in [-0.25, -0.2) is 0 Å². The highest BCUT2D eigenvalue weighted by molar-refractivity contribution is 5.80. The number of nitrogens with two attached hydrogens (primary N) is 1. The molecule has 0 spiro atoms. The van der Waals surface area contributed by atoms with E-state index in [1.54, 1.807) is 0 Å². The highest BCUT2D eigenvalue weighted by Gasteiger charge is 2.54. The van der Waals surface area contributed by atoms with Crippen molar-refractivity contribution in [3.05, 3.63) is 0 Å². The minimum absolute atomic E-state index is 0.0374. The predicted octanol–water partition coefficient (Wildman–Crippen LogP) is 2.07. The molecule has 3 N–H and O–H groups in total. The molecule has 0 unspecified atom stereocenters. The summed E-state index contributed by atoms with van der Waals surface area (Å²) in [6, 6.07) is 0.859. The number of nitrogens with one attached hydrogen (secondary N) is 1. The van der Waals surface area contributed by atoms with Crippen LogP contribution in [0, 0.1) is 23.2 Å². The minimum atomic E-state index is 0.0374. The first kappa shape index (κ1) is 15.3. The fraction of sp³-hybridized carbons (Fsp3) is 0.944. The van der Waals surface area contributed by atoms with Crippen molar-refractivity contribution in [1.82, 2.24) is 5.32 Å². The molecule has 0 radical (unpaired) electrons. The third-order valence-corrected chi connectivity index (χ3v) is 6.47. The molecule has 0 aromatic carbocycles. The molecular formula is C18H33N2O+. The van der Waals surface area contributed by atoms with Gasteiger partial charge >= 0.3 is 0 Å². The van der Waals surface area contributed by atoms with Gasteiger partial charge in [-0.1, -0.05) is 0 Å². The summed E-state index contributed by atoms with van der Waals surface area (Å²) >= 11 is 0. The van der Waals surface area contributed by atoms with E-state index in [4.69, 9.17) is 0 Å². The van der Waals surface area contributed by atoms with Crippen LogP contribution in [-0.4, -0.2) is 24.0 Å². The Morgan fingerprint density at radius 2 is 1.48 bits per heavy atom. The van der Waals surface area contributed by atoms with Crippen LogP contribution in [0.15, 0.2) is 0 Å². The number of hydrogen-bond acceptors (Lipinski definition) is 1. The predicted molar refractivity (Wildman–Crippen MR) is 84.7 cm³/mol. The van der Waals surface area contributed by atoms with E-state index in [-0.39, 0.29) is 18.0 Å². The summed E-state index contributed by atoms with van der Waals surface area (Å²) in [5, 5.41) is 5.40. The lowest BCUT2D eigenvalue weighted by molar-refractivity contribution is -0.719. The van der Waals surface area contributed by atoms with E-state index in [1.807, 2.05) is 13.8 Å². The number of carbonyl (C=O) groups is 1. The molecule has 0 heterocycles. The smallest absolute Gasteiger partial charge is 0.278 e. The monoisotopic (exact) mass is 293 g/mol. The minimum Gasteiger partial charge on any atom is -0.349 e. The topological polar surface area (TPSA) is 45.7 Å². The zero-order valence-electron chi connectivity index (χ0n) is 14.2. The van der Waals surface area contributed by atoms with Crippen molar-refractivity contribution in [1.29, 1.82) is 0 Å². The molecular weight excluding hydrogens is 260 g/mol. The van der Waals surface area contributed by atoms with Gasteiger partial charge in [0.2, 0.25) is 0 Å². The molecule has 120 valence electrons. The van der Waals surface area contributed by atoms with Crippen LogP contribution >= 0.6 is 0 Å². The van der Waals surface area contributed by atoms with E-state index in [0.29, 0.717) is 11.5 Å². The number of rotatable bonds is 5. The molecule has 4 saturated carbocycles. The summed E-state index contributed by atoms with van der Waals surface area (Å²) in [4.78, 5) is 12.2. The van der Waals surface area contributed by atoms with E-state index >= 15 is 0 Å². The fourth-order valence-corrected chi connectivity index (χ4v) is 5.88. The molecule has 4 bridgehead atoms. The van der Waals surface area contributed by atoms with E-state index in [9.17, 15) is 4.79 Å². The van der Waals surface area contributed by atoms with Crippen LogP contribution in [0.3, 0.4) is 0 Å². The summed E-state index contributed by atoms with van der Waals surface area (Å²) < 4.78 is 0. The molecule has 0 saturated heterocycles. The molecule has 0 aliphatic heterocycles. The van der Waals surface area contributed by atoms with Gasteiger partial charge in [-0.15, -0.1) is 0 Å². The average Bonchev–Trinajstić information content (AvgIpc) is 2.35. The van der Waals surface area contributed by atoms with Gasteiger partial charge in [0.05, 0.1) is 6.04 Å².